The summed E-state index contributed by atoms with van der Waals surface area (Å²) in [5.41, 5.74) is 2.51. The molecule has 0 saturated carbocycles. The minimum Gasteiger partial charge on any atom is -0.497 e. The van der Waals surface area contributed by atoms with Crippen molar-refractivity contribution in [2.24, 2.45) is 0 Å². The normalized spacial score (nSPS) is 10.7. The molecule has 7 nitrogen and oxygen atoms in total. The molecule has 1 aromatic heterocycles. The van der Waals surface area contributed by atoms with Crippen LogP contribution in [0.1, 0.15) is 5.56 Å². The average molecular weight is 418 g/mol. The molecule has 4 aromatic rings. The number of thioether (sulfide) groups is 1. The van der Waals surface area contributed by atoms with E-state index in [0.29, 0.717) is 22.3 Å². The van der Waals surface area contributed by atoms with Crippen LogP contribution in [0.2, 0.25) is 0 Å². The van der Waals surface area contributed by atoms with E-state index in [0.717, 1.165) is 17.0 Å². The second-order valence-corrected chi connectivity index (χ2v) is 7.33. The van der Waals surface area contributed by atoms with Gasteiger partial charge in [0.05, 0.1) is 12.0 Å². The molecule has 0 amide bonds. The van der Waals surface area contributed by atoms with E-state index >= 15 is 0 Å². The third-order valence-corrected chi connectivity index (χ3v) is 5.50. The summed E-state index contributed by atoms with van der Waals surface area (Å²) in [6.45, 7) is 0. The van der Waals surface area contributed by atoms with Gasteiger partial charge in [-0.3, -0.25) is 14.7 Å². The molecule has 0 fully saturated rings. The first-order valence-electron chi connectivity index (χ1n) is 9.17. The minimum atomic E-state index is -0.362. The van der Waals surface area contributed by atoms with Crippen LogP contribution in [0, 0.1) is 10.1 Å². The number of nitro groups is 1. The van der Waals surface area contributed by atoms with E-state index in [2.05, 4.69) is 10.2 Å². The summed E-state index contributed by atoms with van der Waals surface area (Å²) in [6, 6.07) is 24.1. The van der Waals surface area contributed by atoms with Gasteiger partial charge in [-0.25, -0.2) is 0 Å². The molecular formula is C22H18N4O3S. The Balaban J connectivity index is 1.74. The summed E-state index contributed by atoms with van der Waals surface area (Å²) in [5, 5.41) is 20.8. The first-order chi connectivity index (χ1) is 14.7. The van der Waals surface area contributed by atoms with Gasteiger partial charge in [-0.2, -0.15) is 0 Å². The summed E-state index contributed by atoms with van der Waals surface area (Å²) in [7, 11) is 1.62. The van der Waals surface area contributed by atoms with Crippen LogP contribution in [-0.2, 0) is 5.75 Å². The number of benzene rings is 3. The van der Waals surface area contributed by atoms with Gasteiger partial charge in [0.2, 0.25) is 0 Å². The highest BCUT2D eigenvalue weighted by Gasteiger charge is 2.19. The second-order valence-electron chi connectivity index (χ2n) is 6.38. The van der Waals surface area contributed by atoms with Gasteiger partial charge in [0.25, 0.3) is 5.69 Å². The Hall–Kier alpha value is -3.65. The van der Waals surface area contributed by atoms with Gasteiger partial charge in [-0.05, 0) is 24.3 Å². The lowest BCUT2D eigenvalue weighted by Gasteiger charge is -2.11. The Morgan fingerprint density at radius 2 is 1.77 bits per heavy atom. The molecule has 0 aliphatic rings. The highest BCUT2D eigenvalue weighted by molar-refractivity contribution is 7.98. The molecule has 8 heteroatoms. The monoisotopic (exact) mass is 418 g/mol. The number of nitrogens with zero attached hydrogens (tertiary/aromatic N) is 4. The minimum absolute atomic E-state index is 0.101. The van der Waals surface area contributed by atoms with E-state index in [1.54, 1.807) is 25.3 Å². The number of methoxy groups -OCH3 is 1. The maximum absolute atomic E-state index is 11.3. The van der Waals surface area contributed by atoms with Crippen molar-refractivity contribution >= 4 is 17.4 Å². The smallest absolute Gasteiger partial charge is 0.273 e. The number of rotatable bonds is 7. The van der Waals surface area contributed by atoms with Crippen molar-refractivity contribution in [3.8, 4) is 22.8 Å². The SMILES string of the molecule is COc1cccc(-c2nnc(SCc3ccccc3[N+](=O)[O-])n2-c2ccccc2)c1. The molecule has 150 valence electrons. The van der Waals surface area contributed by atoms with E-state index in [1.165, 1.54) is 17.8 Å². The molecule has 0 radical (unpaired) electrons. The summed E-state index contributed by atoms with van der Waals surface area (Å²) >= 11 is 1.41. The summed E-state index contributed by atoms with van der Waals surface area (Å²) in [4.78, 5) is 11.0. The van der Waals surface area contributed by atoms with Gasteiger partial charge in [-0.15, -0.1) is 10.2 Å². The zero-order valence-electron chi connectivity index (χ0n) is 16.1. The van der Waals surface area contributed by atoms with Crippen molar-refractivity contribution in [2.75, 3.05) is 7.11 Å². The molecule has 0 saturated heterocycles. The summed E-state index contributed by atoms with van der Waals surface area (Å²) < 4.78 is 7.30. The quantitative estimate of drug-likeness (QED) is 0.235. The van der Waals surface area contributed by atoms with Gasteiger partial charge < -0.3 is 4.74 Å². The van der Waals surface area contributed by atoms with Gasteiger partial charge in [-0.1, -0.05) is 60.3 Å². The highest BCUT2D eigenvalue weighted by Crippen LogP contribution is 2.32. The van der Waals surface area contributed by atoms with E-state index < -0.39 is 0 Å². The van der Waals surface area contributed by atoms with Crippen LogP contribution in [0.15, 0.2) is 84.0 Å². The predicted octanol–water partition coefficient (Wildman–Crippen LogP) is 5.14. The van der Waals surface area contributed by atoms with E-state index in [-0.39, 0.29) is 10.6 Å². The molecule has 0 aliphatic heterocycles. The Morgan fingerprint density at radius 3 is 2.53 bits per heavy atom. The number of hydrogen-bond acceptors (Lipinski definition) is 6. The van der Waals surface area contributed by atoms with Gasteiger partial charge in [0, 0.05) is 28.6 Å². The number of aromatic nitrogens is 3. The number of nitro benzene ring substituents is 1. The van der Waals surface area contributed by atoms with Crippen LogP contribution < -0.4 is 4.74 Å². The fourth-order valence-corrected chi connectivity index (χ4v) is 4.02. The Morgan fingerprint density at radius 1 is 1.00 bits per heavy atom. The first kappa shape index (κ1) is 19.7. The lowest BCUT2D eigenvalue weighted by molar-refractivity contribution is -0.385. The first-order valence-corrected chi connectivity index (χ1v) is 10.2. The number of para-hydroxylation sites is 2. The molecule has 0 bridgehead atoms. The fraction of sp³-hybridized carbons (Fsp3) is 0.0909. The molecule has 0 aliphatic carbocycles. The van der Waals surface area contributed by atoms with Crippen LogP contribution in [-0.4, -0.2) is 26.8 Å². The summed E-state index contributed by atoms with van der Waals surface area (Å²) in [5.74, 6) is 1.80. The van der Waals surface area contributed by atoms with Gasteiger partial charge in [0.15, 0.2) is 11.0 Å². The van der Waals surface area contributed by atoms with Crippen molar-refractivity contribution in [3.05, 3.63) is 94.5 Å². The molecule has 0 atom stereocenters. The van der Waals surface area contributed by atoms with E-state index in [9.17, 15) is 10.1 Å². The maximum atomic E-state index is 11.3. The largest absolute Gasteiger partial charge is 0.497 e. The predicted molar refractivity (Wildman–Crippen MR) is 116 cm³/mol. The van der Waals surface area contributed by atoms with Crippen LogP contribution >= 0.6 is 11.8 Å². The molecule has 30 heavy (non-hydrogen) atoms. The van der Waals surface area contributed by atoms with Gasteiger partial charge in [0.1, 0.15) is 5.75 Å². The second kappa shape index (κ2) is 8.79. The molecule has 4 rings (SSSR count). The zero-order chi connectivity index (χ0) is 20.9. The lowest BCUT2D eigenvalue weighted by atomic mass is 10.2. The standard InChI is InChI=1S/C22H18N4O3S/c1-29-19-12-7-9-16(14-19)21-23-24-22(25(21)18-10-3-2-4-11-18)30-15-17-8-5-6-13-20(17)26(27)28/h2-14H,15H2,1H3. The topological polar surface area (TPSA) is 83.1 Å². The van der Waals surface area contributed by atoms with Crippen LogP contribution in [0.4, 0.5) is 5.69 Å². The Labute approximate surface area is 177 Å². The van der Waals surface area contributed by atoms with Crippen molar-refractivity contribution in [2.45, 2.75) is 10.9 Å². The Kier molecular flexibility index (Phi) is 5.76. The Bertz CT molecular complexity index is 1180. The van der Waals surface area contributed by atoms with Crippen molar-refractivity contribution < 1.29 is 9.66 Å². The maximum Gasteiger partial charge on any atom is 0.273 e. The van der Waals surface area contributed by atoms with E-state index in [4.69, 9.17) is 4.74 Å². The van der Waals surface area contributed by atoms with Crippen LogP contribution in [0.3, 0.4) is 0 Å². The zero-order valence-corrected chi connectivity index (χ0v) is 17.0. The molecule has 0 N–H and O–H groups in total. The molecule has 0 unspecified atom stereocenters. The van der Waals surface area contributed by atoms with Crippen LogP contribution in [0.5, 0.6) is 5.75 Å². The fourth-order valence-electron chi connectivity index (χ4n) is 3.08. The third-order valence-electron chi connectivity index (χ3n) is 4.52. The lowest BCUT2D eigenvalue weighted by Crippen LogP contribution is -2.00. The molecule has 0 spiro atoms. The van der Waals surface area contributed by atoms with Crippen LogP contribution in [0.25, 0.3) is 17.1 Å². The van der Waals surface area contributed by atoms with Crippen molar-refractivity contribution in [1.29, 1.82) is 0 Å². The number of ether oxygens (including phenoxy) is 1. The van der Waals surface area contributed by atoms with E-state index in [1.807, 2.05) is 59.2 Å². The van der Waals surface area contributed by atoms with Crippen molar-refractivity contribution in [1.82, 2.24) is 14.8 Å². The number of hydrogen-bond donors (Lipinski definition) is 0. The summed E-state index contributed by atoms with van der Waals surface area (Å²) in [6.07, 6.45) is 0. The highest BCUT2D eigenvalue weighted by atomic mass is 32.2. The van der Waals surface area contributed by atoms with Crippen molar-refractivity contribution in [3.63, 3.8) is 0 Å². The average Bonchev–Trinajstić information content (AvgIpc) is 3.22. The molecular weight excluding hydrogens is 400 g/mol. The molecule has 1 heterocycles. The van der Waals surface area contributed by atoms with Gasteiger partial charge >= 0.3 is 0 Å². The third kappa shape index (κ3) is 4.04. The molecule has 3 aromatic carbocycles.